The smallest absolute Gasteiger partial charge is 0.195 e. The molecule has 3 rings (SSSR count). The molecule has 2 heterocycles. The summed E-state index contributed by atoms with van der Waals surface area (Å²) < 4.78 is 10.6. The van der Waals surface area contributed by atoms with E-state index in [9.17, 15) is 9.59 Å². The lowest BCUT2D eigenvalue weighted by molar-refractivity contribution is -0.129. The molecule has 0 unspecified atom stereocenters. The molecule has 0 saturated carbocycles. The molecule has 28 heavy (non-hydrogen) atoms. The summed E-state index contributed by atoms with van der Waals surface area (Å²) in [7, 11) is 3.20. The summed E-state index contributed by atoms with van der Waals surface area (Å²) in [6.07, 6.45) is 0.772. The summed E-state index contributed by atoms with van der Waals surface area (Å²) in [4.78, 5) is 31.8. The minimum absolute atomic E-state index is 0.106. The van der Waals surface area contributed by atoms with Crippen molar-refractivity contribution in [2.45, 2.75) is 26.3 Å². The molecule has 0 spiro atoms. The van der Waals surface area contributed by atoms with Crippen molar-refractivity contribution < 1.29 is 19.1 Å². The Balaban J connectivity index is 1.85. The van der Waals surface area contributed by atoms with E-state index in [1.807, 2.05) is 30.5 Å². The Labute approximate surface area is 166 Å². The number of rotatable bonds is 9. The summed E-state index contributed by atoms with van der Waals surface area (Å²) in [5.74, 6) is 2.14. The average Bonchev–Trinajstić information content (AvgIpc) is 3.10. The van der Waals surface area contributed by atoms with Crippen LogP contribution in [0.2, 0.25) is 0 Å². The highest BCUT2D eigenvalue weighted by molar-refractivity contribution is 7.17. The normalized spacial score (nSPS) is 10.7. The number of aldehydes is 1. The Morgan fingerprint density at radius 3 is 2.71 bits per heavy atom. The van der Waals surface area contributed by atoms with E-state index >= 15 is 0 Å². The van der Waals surface area contributed by atoms with Crippen molar-refractivity contribution in [3.8, 4) is 11.5 Å². The van der Waals surface area contributed by atoms with E-state index in [2.05, 4.69) is 15.3 Å². The molecule has 7 nitrogen and oxygen atoms in total. The first kappa shape index (κ1) is 19.8. The number of fused-ring (bicyclic) bond motifs is 1. The SMILES string of the molecule is COc1ccc(CNc2nc(CCC(=O)C=O)nc3scc(C)c23)cc1OC. The second kappa shape index (κ2) is 8.79. The molecule has 0 aliphatic rings. The van der Waals surface area contributed by atoms with Gasteiger partial charge in [-0.25, -0.2) is 9.97 Å². The zero-order valence-corrected chi connectivity index (χ0v) is 16.8. The number of aryl methyl sites for hydroxylation is 2. The van der Waals surface area contributed by atoms with E-state index in [1.165, 1.54) is 11.3 Å². The van der Waals surface area contributed by atoms with Gasteiger partial charge in [-0.15, -0.1) is 11.3 Å². The van der Waals surface area contributed by atoms with Crippen LogP contribution >= 0.6 is 11.3 Å². The predicted molar refractivity (Wildman–Crippen MR) is 108 cm³/mol. The zero-order chi connectivity index (χ0) is 20.1. The van der Waals surface area contributed by atoms with Crippen molar-refractivity contribution in [1.29, 1.82) is 0 Å². The van der Waals surface area contributed by atoms with Crippen molar-refractivity contribution in [2.75, 3.05) is 19.5 Å². The number of hydrogen-bond donors (Lipinski definition) is 1. The van der Waals surface area contributed by atoms with Crippen LogP contribution < -0.4 is 14.8 Å². The molecule has 2 aromatic heterocycles. The quantitative estimate of drug-likeness (QED) is 0.436. The van der Waals surface area contributed by atoms with Gasteiger partial charge in [-0.1, -0.05) is 6.07 Å². The molecule has 0 amide bonds. The van der Waals surface area contributed by atoms with Gasteiger partial charge in [0.15, 0.2) is 23.6 Å². The molecular formula is C20H21N3O4S. The maximum absolute atomic E-state index is 11.3. The molecule has 0 aliphatic carbocycles. The third-order valence-corrected chi connectivity index (χ3v) is 5.29. The standard InChI is InChI=1S/C20H21N3O4S/c1-12-11-28-20-18(12)19(22-17(23-20)7-5-14(25)10-24)21-9-13-4-6-15(26-2)16(8-13)27-3/h4,6,8,10-11H,5,7,9H2,1-3H3,(H,21,22,23). The Morgan fingerprint density at radius 1 is 1.21 bits per heavy atom. The fourth-order valence-corrected chi connectivity index (χ4v) is 3.78. The maximum atomic E-state index is 11.3. The molecule has 0 bridgehead atoms. The van der Waals surface area contributed by atoms with Crippen LogP contribution in [-0.2, 0) is 22.6 Å². The zero-order valence-electron chi connectivity index (χ0n) is 15.9. The number of hydrogen-bond acceptors (Lipinski definition) is 8. The molecule has 0 fully saturated rings. The highest BCUT2D eigenvalue weighted by atomic mass is 32.1. The van der Waals surface area contributed by atoms with Gasteiger partial charge in [0.1, 0.15) is 16.5 Å². The van der Waals surface area contributed by atoms with E-state index in [4.69, 9.17) is 9.47 Å². The molecule has 1 aromatic carbocycles. The number of methoxy groups -OCH3 is 2. The number of benzene rings is 1. The highest BCUT2D eigenvalue weighted by Crippen LogP contribution is 2.31. The lowest BCUT2D eigenvalue weighted by Gasteiger charge is -2.12. The summed E-state index contributed by atoms with van der Waals surface area (Å²) >= 11 is 1.53. The van der Waals surface area contributed by atoms with Gasteiger partial charge >= 0.3 is 0 Å². The summed E-state index contributed by atoms with van der Waals surface area (Å²) in [6, 6.07) is 5.73. The van der Waals surface area contributed by atoms with Gasteiger partial charge < -0.3 is 14.8 Å². The van der Waals surface area contributed by atoms with Gasteiger partial charge in [0.2, 0.25) is 0 Å². The minimum atomic E-state index is -0.453. The predicted octanol–water partition coefficient (Wildman–Crippen LogP) is 3.33. The van der Waals surface area contributed by atoms with E-state index < -0.39 is 5.78 Å². The maximum Gasteiger partial charge on any atom is 0.195 e. The minimum Gasteiger partial charge on any atom is -0.493 e. The topological polar surface area (TPSA) is 90.4 Å². The number of anilines is 1. The molecule has 8 heteroatoms. The lowest BCUT2D eigenvalue weighted by Crippen LogP contribution is -2.08. The van der Waals surface area contributed by atoms with Crippen LogP contribution in [0.25, 0.3) is 10.2 Å². The van der Waals surface area contributed by atoms with E-state index in [0.717, 1.165) is 21.3 Å². The Kier molecular flexibility index (Phi) is 6.20. The van der Waals surface area contributed by atoms with Crippen molar-refractivity contribution in [2.24, 2.45) is 0 Å². The van der Waals surface area contributed by atoms with Crippen molar-refractivity contribution in [1.82, 2.24) is 9.97 Å². The number of aromatic nitrogens is 2. The highest BCUT2D eigenvalue weighted by Gasteiger charge is 2.13. The summed E-state index contributed by atoms with van der Waals surface area (Å²) in [5.41, 5.74) is 2.10. The number of carbonyl (C=O) groups is 2. The van der Waals surface area contributed by atoms with Gasteiger partial charge in [0, 0.05) is 19.4 Å². The molecule has 3 aromatic rings. The summed E-state index contributed by atoms with van der Waals surface area (Å²) in [5, 5.41) is 6.36. The fourth-order valence-electron chi connectivity index (χ4n) is 2.84. The fraction of sp³-hybridized carbons (Fsp3) is 0.300. The number of thiophene rings is 1. The second-order valence-electron chi connectivity index (χ2n) is 6.21. The van der Waals surface area contributed by atoms with Gasteiger partial charge in [0.25, 0.3) is 0 Å². The number of nitrogens with one attached hydrogen (secondary N) is 1. The van der Waals surface area contributed by atoms with Crippen molar-refractivity contribution in [3.63, 3.8) is 0 Å². The number of Topliss-reactive ketones (excluding diaryl/α,β-unsaturated/α-hetero) is 1. The Hall–Kier alpha value is -3.00. The van der Waals surface area contributed by atoms with Crippen LogP contribution in [0.1, 0.15) is 23.4 Å². The van der Waals surface area contributed by atoms with Gasteiger partial charge in [-0.3, -0.25) is 9.59 Å². The Bertz CT molecular complexity index is 1020. The van der Waals surface area contributed by atoms with Gasteiger partial charge in [-0.2, -0.15) is 0 Å². The van der Waals surface area contributed by atoms with Crippen LogP contribution in [0, 0.1) is 6.92 Å². The first-order valence-electron chi connectivity index (χ1n) is 8.73. The van der Waals surface area contributed by atoms with E-state index in [-0.39, 0.29) is 6.42 Å². The largest absolute Gasteiger partial charge is 0.493 e. The third-order valence-electron chi connectivity index (χ3n) is 4.30. The Morgan fingerprint density at radius 2 is 2.00 bits per heavy atom. The first-order chi connectivity index (χ1) is 13.5. The van der Waals surface area contributed by atoms with E-state index in [0.29, 0.717) is 42.4 Å². The molecule has 0 atom stereocenters. The van der Waals surface area contributed by atoms with Crippen molar-refractivity contribution >= 4 is 39.4 Å². The monoisotopic (exact) mass is 399 g/mol. The number of ether oxygens (including phenoxy) is 2. The van der Waals surface area contributed by atoms with Gasteiger partial charge in [-0.05, 0) is 35.6 Å². The van der Waals surface area contributed by atoms with Crippen LogP contribution in [0.4, 0.5) is 5.82 Å². The first-order valence-corrected chi connectivity index (χ1v) is 9.61. The molecular weight excluding hydrogens is 378 g/mol. The molecule has 0 saturated heterocycles. The second-order valence-corrected chi connectivity index (χ2v) is 7.07. The van der Waals surface area contributed by atoms with Crippen molar-refractivity contribution in [3.05, 3.63) is 40.5 Å². The molecule has 0 aliphatic heterocycles. The van der Waals surface area contributed by atoms with Crippen LogP contribution in [0.5, 0.6) is 11.5 Å². The van der Waals surface area contributed by atoms with Crippen LogP contribution in [-0.4, -0.2) is 36.3 Å². The number of nitrogens with zero attached hydrogens (tertiary/aromatic N) is 2. The number of carbonyl (C=O) groups excluding carboxylic acids is 2. The molecule has 0 radical (unpaired) electrons. The van der Waals surface area contributed by atoms with Crippen LogP contribution in [0.15, 0.2) is 23.6 Å². The summed E-state index contributed by atoms with van der Waals surface area (Å²) in [6.45, 7) is 2.55. The van der Waals surface area contributed by atoms with Gasteiger partial charge in [0.05, 0.1) is 19.6 Å². The van der Waals surface area contributed by atoms with E-state index in [1.54, 1.807) is 14.2 Å². The van der Waals surface area contributed by atoms with Crippen LogP contribution in [0.3, 0.4) is 0 Å². The number of ketones is 1. The average molecular weight is 399 g/mol. The lowest BCUT2D eigenvalue weighted by atomic mass is 10.2. The molecule has 146 valence electrons. The molecule has 1 N–H and O–H groups in total. The third kappa shape index (κ3) is 4.28.